The first kappa shape index (κ1) is 21.4. The van der Waals surface area contributed by atoms with Gasteiger partial charge >= 0.3 is 0 Å². The van der Waals surface area contributed by atoms with Gasteiger partial charge in [-0.3, -0.25) is 4.79 Å². The highest BCUT2D eigenvalue weighted by molar-refractivity contribution is 5.85. The Kier molecular flexibility index (Phi) is 8.85. The number of hydrogen-bond acceptors (Lipinski definition) is 5. The number of ether oxygens (including phenoxy) is 1. The number of nitrogens with one attached hydrogen (secondary N) is 2. The van der Waals surface area contributed by atoms with E-state index in [9.17, 15) is 4.79 Å². The maximum absolute atomic E-state index is 12.3. The lowest BCUT2D eigenvalue weighted by atomic mass is 10.1. The third-order valence-corrected chi connectivity index (χ3v) is 3.97. The monoisotopic (exact) mass is 387 g/mol. The predicted molar refractivity (Wildman–Crippen MR) is 99.1 cm³/mol. The first-order chi connectivity index (χ1) is 11.2. The second kappa shape index (κ2) is 10.4. The Hall–Kier alpha value is -1.67. The summed E-state index contributed by atoms with van der Waals surface area (Å²) in [5.41, 5.74) is 2.18. The zero-order valence-corrected chi connectivity index (χ0v) is 15.6. The van der Waals surface area contributed by atoms with Gasteiger partial charge < -0.3 is 15.4 Å². The molecule has 2 heterocycles. The van der Waals surface area contributed by atoms with E-state index in [4.69, 9.17) is 4.74 Å². The van der Waals surface area contributed by atoms with Gasteiger partial charge in [0.2, 0.25) is 5.91 Å². The summed E-state index contributed by atoms with van der Waals surface area (Å²) in [6.45, 7) is 4.37. The number of benzene rings is 1. The molecule has 2 aromatic rings. The molecule has 0 bridgehead atoms. The van der Waals surface area contributed by atoms with Gasteiger partial charge in [-0.15, -0.1) is 24.8 Å². The van der Waals surface area contributed by atoms with Crippen LogP contribution in [0.15, 0.2) is 36.9 Å². The van der Waals surface area contributed by atoms with E-state index in [1.54, 1.807) is 11.0 Å². The highest BCUT2D eigenvalue weighted by Gasteiger charge is 2.27. The van der Waals surface area contributed by atoms with Crippen LogP contribution in [0.1, 0.15) is 18.1 Å². The van der Waals surface area contributed by atoms with Gasteiger partial charge in [-0.25, -0.2) is 9.67 Å². The minimum absolute atomic E-state index is 0. The van der Waals surface area contributed by atoms with Crippen LogP contribution in [-0.2, 0) is 22.6 Å². The molecule has 1 saturated heterocycles. The Morgan fingerprint density at radius 2 is 2.12 bits per heavy atom. The summed E-state index contributed by atoms with van der Waals surface area (Å²) in [6.07, 6.45) is 3.08. The van der Waals surface area contributed by atoms with Gasteiger partial charge in [-0.2, -0.15) is 5.10 Å². The number of amides is 1. The van der Waals surface area contributed by atoms with Crippen molar-refractivity contribution in [2.45, 2.75) is 32.2 Å². The van der Waals surface area contributed by atoms with E-state index in [0.717, 1.165) is 11.1 Å². The van der Waals surface area contributed by atoms with Crippen molar-refractivity contribution in [1.29, 1.82) is 0 Å². The molecule has 0 saturated carbocycles. The van der Waals surface area contributed by atoms with Crippen LogP contribution in [-0.4, -0.2) is 46.0 Å². The highest BCUT2D eigenvalue weighted by atomic mass is 35.5. The molecular formula is C16H23Cl2N5O2. The smallest absolute Gasteiger partial charge is 0.240 e. The van der Waals surface area contributed by atoms with Crippen LogP contribution in [0, 0.1) is 0 Å². The molecule has 1 aliphatic heterocycles. The van der Waals surface area contributed by atoms with Gasteiger partial charge in [0.25, 0.3) is 0 Å². The second-order valence-electron chi connectivity index (χ2n) is 5.59. The molecule has 1 aromatic heterocycles. The fourth-order valence-corrected chi connectivity index (χ4v) is 2.69. The molecule has 2 atom stereocenters. The van der Waals surface area contributed by atoms with Crippen LogP contribution in [0.25, 0.3) is 0 Å². The van der Waals surface area contributed by atoms with Crippen LogP contribution in [0.5, 0.6) is 0 Å². The van der Waals surface area contributed by atoms with E-state index in [-0.39, 0.29) is 42.9 Å². The number of carbonyl (C=O) groups is 1. The molecule has 1 aliphatic rings. The molecule has 25 heavy (non-hydrogen) atoms. The average molecular weight is 388 g/mol. The van der Waals surface area contributed by atoms with Crippen molar-refractivity contribution < 1.29 is 9.53 Å². The fraction of sp³-hybridized carbons (Fsp3) is 0.438. The van der Waals surface area contributed by atoms with Gasteiger partial charge in [-0.1, -0.05) is 24.3 Å². The Morgan fingerprint density at radius 3 is 2.80 bits per heavy atom. The Labute approximate surface area is 159 Å². The largest absolute Gasteiger partial charge is 0.375 e. The standard InChI is InChI=1S/C16H21N5O2.2ClH/c1-12-15(18-6-7-23-12)16(22)19-8-13-4-2-3-5-14(13)9-21-11-17-10-20-21;;/h2-5,10-12,15,18H,6-9H2,1H3,(H,19,22);2*1H/t12-,15+;;/m1../s1. The van der Waals surface area contributed by atoms with Gasteiger partial charge in [0.1, 0.15) is 18.7 Å². The molecule has 1 amide bonds. The summed E-state index contributed by atoms with van der Waals surface area (Å²) in [5.74, 6) is -0.0345. The van der Waals surface area contributed by atoms with E-state index in [0.29, 0.717) is 26.2 Å². The summed E-state index contributed by atoms with van der Waals surface area (Å²) < 4.78 is 7.28. The summed E-state index contributed by atoms with van der Waals surface area (Å²) >= 11 is 0. The van der Waals surface area contributed by atoms with Crippen molar-refractivity contribution >= 4 is 30.7 Å². The SMILES string of the molecule is C[C@H]1OCCN[C@@H]1C(=O)NCc1ccccc1Cn1cncn1.Cl.Cl. The predicted octanol–water partition coefficient (Wildman–Crippen LogP) is 1.16. The Bertz CT molecular complexity index is 654. The van der Waals surface area contributed by atoms with Crippen LogP contribution in [0.4, 0.5) is 0 Å². The molecule has 9 heteroatoms. The van der Waals surface area contributed by atoms with E-state index in [1.165, 1.54) is 6.33 Å². The molecule has 2 N–H and O–H groups in total. The lowest BCUT2D eigenvalue weighted by Crippen LogP contribution is -2.55. The van der Waals surface area contributed by atoms with Crippen LogP contribution in [0.3, 0.4) is 0 Å². The third-order valence-electron chi connectivity index (χ3n) is 3.97. The van der Waals surface area contributed by atoms with Crippen LogP contribution in [0.2, 0.25) is 0 Å². The minimum atomic E-state index is -0.300. The van der Waals surface area contributed by atoms with Gasteiger partial charge in [0.05, 0.1) is 19.3 Å². The van der Waals surface area contributed by atoms with E-state index in [2.05, 4.69) is 20.7 Å². The third kappa shape index (κ3) is 5.67. The van der Waals surface area contributed by atoms with Crippen LogP contribution < -0.4 is 10.6 Å². The molecular weight excluding hydrogens is 365 g/mol. The van der Waals surface area contributed by atoms with Crippen LogP contribution >= 0.6 is 24.8 Å². The molecule has 138 valence electrons. The molecule has 0 radical (unpaired) electrons. The molecule has 7 nitrogen and oxygen atoms in total. The van der Waals surface area contributed by atoms with Crippen molar-refractivity contribution in [2.75, 3.05) is 13.2 Å². The number of rotatable bonds is 5. The number of aromatic nitrogens is 3. The lowest BCUT2D eigenvalue weighted by molar-refractivity contribution is -0.129. The zero-order chi connectivity index (χ0) is 16.1. The zero-order valence-electron chi connectivity index (χ0n) is 13.9. The number of morpholine rings is 1. The van der Waals surface area contributed by atoms with Crippen molar-refractivity contribution in [2.24, 2.45) is 0 Å². The Balaban J connectivity index is 0.00000156. The van der Waals surface area contributed by atoms with E-state index in [1.807, 2.05) is 31.2 Å². The fourth-order valence-electron chi connectivity index (χ4n) is 2.69. The Morgan fingerprint density at radius 1 is 1.36 bits per heavy atom. The normalized spacial score (nSPS) is 19.4. The second-order valence-corrected chi connectivity index (χ2v) is 5.59. The average Bonchev–Trinajstić information content (AvgIpc) is 3.07. The minimum Gasteiger partial charge on any atom is -0.375 e. The molecule has 1 fully saturated rings. The van der Waals surface area contributed by atoms with E-state index < -0.39 is 0 Å². The van der Waals surface area contributed by atoms with E-state index >= 15 is 0 Å². The lowest BCUT2D eigenvalue weighted by Gasteiger charge is -2.29. The molecule has 0 spiro atoms. The summed E-state index contributed by atoms with van der Waals surface area (Å²) in [5, 5.41) is 10.3. The first-order valence-electron chi connectivity index (χ1n) is 7.76. The first-order valence-corrected chi connectivity index (χ1v) is 7.76. The quantitative estimate of drug-likeness (QED) is 0.804. The molecule has 3 rings (SSSR count). The topological polar surface area (TPSA) is 81.1 Å². The molecule has 1 aromatic carbocycles. The number of nitrogens with zero attached hydrogens (tertiary/aromatic N) is 3. The number of hydrogen-bond donors (Lipinski definition) is 2. The maximum Gasteiger partial charge on any atom is 0.240 e. The number of halogens is 2. The molecule has 0 unspecified atom stereocenters. The maximum atomic E-state index is 12.3. The van der Waals surface area contributed by atoms with Crippen molar-refractivity contribution in [3.8, 4) is 0 Å². The highest BCUT2D eigenvalue weighted by Crippen LogP contribution is 2.11. The van der Waals surface area contributed by atoms with Gasteiger partial charge in [-0.05, 0) is 18.1 Å². The van der Waals surface area contributed by atoms with Crippen molar-refractivity contribution in [3.63, 3.8) is 0 Å². The number of carbonyl (C=O) groups excluding carboxylic acids is 1. The van der Waals surface area contributed by atoms with Gasteiger partial charge in [0, 0.05) is 13.1 Å². The van der Waals surface area contributed by atoms with Gasteiger partial charge in [0.15, 0.2) is 0 Å². The summed E-state index contributed by atoms with van der Waals surface area (Å²) in [4.78, 5) is 16.3. The summed E-state index contributed by atoms with van der Waals surface area (Å²) in [7, 11) is 0. The molecule has 0 aliphatic carbocycles. The van der Waals surface area contributed by atoms with Crippen molar-refractivity contribution in [3.05, 3.63) is 48.0 Å². The summed E-state index contributed by atoms with van der Waals surface area (Å²) in [6, 6.07) is 7.70. The van der Waals surface area contributed by atoms with Crippen molar-refractivity contribution in [1.82, 2.24) is 25.4 Å².